The number of piperidine rings is 2. The minimum atomic E-state index is -0.266. The summed E-state index contributed by atoms with van der Waals surface area (Å²) in [6.45, 7) is 1.27. The molecule has 1 N–H and O–H groups in total. The van der Waals surface area contributed by atoms with Crippen LogP contribution in [0.2, 0.25) is 0 Å². The van der Waals surface area contributed by atoms with Gasteiger partial charge in [0.05, 0.1) is 19.6 Å². The van der Waals surface area contributed by atoms with Crippen LogP contribution in [0.3, 0.4) is 0 Å². The van der Waals surface area contributed by atoms with E-state index in [9.17, 15) is 4.79 Å². The number of hydrogen-bond acceptors (Lipinski definition) is 4. The summed E-state index contributed by atoms with van der Waals surface area (Å²) < 4.78 is 10.7. The molecule has 4 heteroatoms. The van der Waals surface area contributed by atoms with Gasteiger partial charge in [-0.2, -0.15) is 0 Å². The molecule has 3 rings (SSSR count). The van der Waals surface area contributed by atoms with Crippen molar-refractivity contribution in [2.24, 2.45) is 5.92 Å². The topological polar surface area (TPSA) is 47.6 Å². The molecule has 2 atom stereocenters. The Kier molecular flexibility index (Phi) is 3.45. The highest BCUT2D eigenvalue weighted by Crippen LogP contribution is 2.31. The SMILES string of the molecule is O=C(CC1OCCO1)C1CC2CCCC(C1)N2. The van der Waals surface area contributed by atoms with E-state index in [4.69, 9.17) is 9.47 Å². The summed E-state index contributed by atoms with van der Waals surface area (Å²) in [5.41, 5.74) is 0. The molecule has 96 valence electrons. The molecule has 3 aliphatic rings. The number of carbonyl (C=O) groups is 1. The monoisotopic (exact) mass is 239 g/mol. The molecule has 0 aromatic rings. The number of nitrogens with one attached hydrogen (secondary N) is 1. The lowest BCUT2D eigenvalue weighted by Crippen LogP contribution is -2.50. The normalized spacial score (nSPS) is 38.2. The number of ketones is 1. The molecule has 4 nitrogen and oxygen atoms in total. The van der Waals surface area contributed by atoms with Crippen LogP contribution in [0.1, 0.15) is 38.5 Å². The highest BCUT2D eigenvalue weighted by molar-refractivity contribution is 5.81. The van der Waals surface area contributed by atoms with E-state index >= 15 is 0 Å². The zero-order valence-corrected chi connectivity index (χ0v) is 10.2. The van der Waals surface area contributed by atoms with Crippen molar-refractivity contribution in [3.8, 4) is 0 Å². The standard InChI is InChI=1S/C13H21NO3/c15-12(8-13-16-4-5-17-13)9-6-10-2-1-3-11(7-9)14-10/h9-11,13-14H,1-8H2. The van der Waals surface area contributed by atoms with E-state index in [1.54, 1.807) is 0 Å². The Bertz CT molecular complexity index is 276. The second-order valence-corrected chi connectivity index (χ2v) is 5.50. The van der Waals surface area contributed by atoms with Crippen LogP contribution < -0.4 is 5.32 Å². The zero-order chi connectivity index (χ0) is 11.7. The van der Waals surface area contributed by atoms with Crippen LogP contribution in [0.15, 0.2) is 0 Å². The van der Waals surface area contributed by atoms with E-state index in [1.807, 2.05) is 0 Å². The number of fused-ring (bicyclic) bond motifs is 2. The maximum absolute atomic E-state index is 12.2. The van der Waals surface area contributed by atoms with Gasteiger partial charge in [0.1, 0.15) is 5.78 Å². The average Bonchev–Trinajstić information content (AvgIpc) is 2.81. The lowest BCUT2D eigenvalue weighted by atomic mass is 9.78. The van der Waals surface area contributed by atoms with Gasteiger partial charge in [0.25, 0.3) is 0 Å². The van der Waals surface area contributed by atoms with Crippen LogP contribution in [-0.2, 0) is 14.3 Å². The highest BCUT2D eigenvalue weighted by atomic mass is 16.7. The third-order valence-corrected chi connectivity index (χ3v) is 4.23. The second kappa shape index (κ2) is 5.04. The Morgan fingerprint density at radius 2 is 1.76 bits per heavy atom. The van der Waals surface area contributed by atoms with Crippen molar-refractivity contribution in [2.45, 2.75) is 56.9 Å². The minimum absolute atomic E-state index is 0.236. The Hall–Kier alpha value is -0.450. The van der Waals surface area contributed by atoms with Gasteiger partial charge in [-0.25, -0.2) is 0 Å². The third-order valence-electron chi connectivity index (χ3n) is 4.23. The van der Waals surface area contributed by atoms with Gasteiger partial charge in [-0.15, -0.1) is 0 Å². The molecule has 2 unspecified atom stereocenters. The minimum Gasteiger partial charge on any atom is -0.350 e. The molecule has 3 heterocycles. The molecule has 0 amide bonds. The number of hydrogen-bond donors (Lipinski definition) is 1. The van der Waals surface area contributed by atoms with Gasteiger partial charge >= 0.3 is 0 Å². The molecule has 0 aromatic carbocycles. The van der Waals surface area contributed by atoms with E-state index in [0.29, 0.717) is 37.5 Å². The molecule has 3 fully saturated rings. The fourth-order valence-electron chi connectivity index (χ4n) is 3.38. The van der Waals surface area contributed by atoms with Crippen molar-refractivity contribution in [3.05, 3.63) is 0 Å². The fourth-order valence-corrected chi connectivity index (χ4v) is 3.38. The van der Waals surface area contributed by atoms with Crippen molar-refractivity contribution in [1.82, 2.24) is 5.32 Å². The van der Waals surface area contributed by atoms with E-state index in [1.165, 1.54) is 19.3 Å². The van der Waals surface area contributed by atoms with Crippen LogP contribution in [0.5, 0.6) is 0 Å². The summed E-state index contributed by atoms with van der Waals surface area (Å²) >= 11 is 0. The van der Waals surface area contributed by atoms with Gasteiger partial charge < -0.3 is 14.8 Å². The Labute approximate surface area is 102 Å². The van der Waals surface area contributed by atoms with E-state index in [0.717, 1.165) is 12.8 Å². The first-order valence-corrected chi connectivity index (χ1v) is 6.83. The molecule has 0 radical (unpaired) electrons. The van der Waals surface area contributed by atoms with E-state index in [2.05, 4.69) is 5.32 Å². The van der Waals surface area contributed by atoms with Crippen molar-refractivity contribution in [3.63, 3.8) is 0 Å². The van der Waals surface area contributed by atoms with Gasteiger partial charge in [0, 0.05) is 18.0 Å². The second-order valence-electron chi connectivity index (χ2n) is 5.50. The molecular formula is C13H21NO3. The molecule has 3 saturated heterocycles. The van der Waals surface area contributed by atoms with Crippen molar-refractivity contribution < 1.29 is 14.3 Å². The Balaban J connectivity index is 1.54. The average molecular weight is 239 g/mol. The molecule has 3 aliphatic heterocycles. The van der Waals surface area contributed by atoms with Crippen LogP contribution >= 0.6 is 0 Å². The van der Waals surface area contributed by atoms with Crippen LogP contribution in [0.25, 0.3) is 0 Å². The molecular weight excluding hydrogens is 218 g/mol. The number of Topliss-reactive ketones (excluding diaryl/α,β-unsaturated/α-hetero) is 1. The quantitative estimate of drug-likeness (QED) is 0.805. The van der Waals surface area contributed by atoms with Gasteiger partial charge in [-0.1, -0.05) is 6.42 Å². The summed E-state index contributed by atoms with van der Waals surface area (Å²) in [7, 11) is 0. The van der Waals surface area contributed by atoms with E-state index in [-0.39, 0.29) is 12.2 Å². The van der Waals surface area contributed by atoms with Gasteiger partial charge in [-0.05, 0) is 25.7 Å². The number of carbonyl (C=O) groups excluding carboxylic acids is 1. The van der Waals surface area contributed by atoms with Crippen molar-refractivity contribution in [1.29, 1.82) is 0 Å². The maximum Gasteiger partial charge on any atom is 0.164 e. The molecule has 0 aromatic heterocycles. The molecule has 0 aliphatic carbocycles. The molecule has 2 bridgehead atoms. The first kappa shape index (κ1) is 11.6. The third kappa shape index (κ3) is 2.69. The van der Waals surface area contributed by atoms with Crippen LogP contribution in [0, 0.1) is 5.92 Å². The zero-order valence-electron chi connectivity index (χ0n) is 10.2. The summed E-state index contributed by atoms with van der Waals surface area (Å²) in [5, 5.41) is 3.62. The predicted octanol–water partition coefficient (Wildman–Crippen LogP) is 1.24. The summed E-state index contributed by atoms with van der Waals surface area (Å²) in [5.74, 6) is 0.578. The van der Waals surface area contributed by atoms with Crippen molar-refractivity contribution in [2.75, 3.05) is 13.2 Å². The van der Waals surface area contributed by atoms with Crippen LogP contribution in [0.4, 0.5) is 0 Å². The highest BCUT2D eigenvalue weighted by Gasteiger charge is 2.35. The predicted molar refractivity (Wildman–Crippen MR) is 62.6 cm³/mol. The van der Waals surface area contributed by atoms with Gasteiger partial charge in [0.15, 0.2) is 6.29 Å². The molecule has 0 saturated carbocycles. The summed E-state index contributed by atoms with van der Waals surface area (Å²) in [6, 6.07) is 1.14. The number of rotatable bonds is 3. The van der Waals surface area contributed by atoms with E-state index < -0.39 is 0 Å². The smallest absolute Gasteiger partial charge is 0.164 e. The van der Waals surface area contributed by atoms with Crippen LogP contribution in [-0.4, -0.2) is 37.4 Å². The van der Waals surface area contributed by atoms with Gasteiger partial charge in [0.2, 0.25) is 0 Å². The molecule has 17 heavy (non-hydrogen) atoms. The summed E-state index contributed by atoms with van der Waals surface area (Å²) in [6.07, 6.45) is 6.00. The maximum atomic E-state index is 12.2. The lowest BCUT2D eigenvalue weighted by molar-refractivity contribution is -0.133. The summed E-state index contributed by atoms with van der Waals surface area (Å²) in [4.78, 5) is 12.2. The Morgan fingerprint density at radius 3 is 2.41 bits per heavy atom. The fraction of sp³-hybridized carbons (Fsp3) is 0.923. The lowest BCUT2D eigenvalue weighted by Gasteiger charge is -2.39. The first-order chi connectivity index (χ1) is 8.31. The first-order valence-electron chi connectivity index (χ1n) is 6.83. The Morgan fingerprint density at radius 1 is 1.12 bits per heavy atom. The number of ether oxygens (including phenoxy) is 2. The van der Waals surface area contributed by atoms with Crippen molar-refractivity contribution >= 4 is 5.78 Å². The van der Waals surface area contributed by atoms with Gasteiger partial charge in [-0.3, -0.25) is 4.79 Å². The molecule has 0 spiro atoms. The largest absolute Gasteiger partial charge is 0.350 e.